The first kappa shape index (κ1) is 15.5. The van der Waals surface area contributed by atoms with Crippen LogP contribution in [-0.4, -0.2) is 31.6 Å². The van der Waals surface area contributed by atoms with Crippen LogP contribution < -0.4 is 5.32 Å². The van der Waals surface area contributed by atoms with Crippen LogP contribution >= 0.6 is 22.9 Å². The van der Waals surface area contributed by atoms with Gasteiger partial charge >= 0.3 is 5.97 Å². The van der Waals surface area contributed by atoms with E-state index in [1.165, 1.54) is 0 Å². The summed E-state index contributed by atoms with van der Waals surface area (Å²) < 4.78 is 3.78. The van der Waals surface area contributed by atoms with E-state index in [-0.39, 0.29) is 16.8 Å². The van der Waals surface area contributed by atoms with Crippen molar-refractivity contribution in [2.45, 2.75) is 33.2 Å². The highest BCUT2D eigenvalue weighted by Crippen LogP contribution is 2.24. The van der Waals surface area contributed by atoms with Crippen molar-refractivity contribution in [2.24, 2.45) is 0 Å². The second-order valence-electron chi connectivity index (χ2n) is 4.37. The topological polar surface area (TPSA) is 105 Å². The van der Waals surface area contributed by atoms with Gasteiger partial charge in [0.2, 0.25) is 0 Å². The second kappa shape index (κ2) is 6.27. The number of aromatic carboxylic acids is 1. The van der Waals surface area contributed by atoms with E-state index >= 15 is 0 Å². The van der Waals surface area contributed by atoms with Gasteiger partial charge in [0.1, 0.15) is 14.8 Å². The first-order valence-corrected chi connectivity index (χ1v) is 7.85. The van der Waals surface area contributed by atoms with E-state index in [9.17, 15) is 9.59 Å². The van der Waals surface area contributed by atoms with Crippen LogP contribution in [0.4, 0.5) is 0 Å². The molecule has 112 valence electrons. The van der Waals surface area contributed by atoms with E-state index in [0.29, 0.717) is 27.7 Å². The molecule has 0 bridgehead atoms. The molecule has 21 heavy (non-hydrogen) atoms. The molecule has 0 aromatic carbocycles. The van der Waals surface area contributed by atoms with Gasteiger partial charge < -0.3 is 10.4 Å². The minimum Gasteiger partial charge on any atom is -0.477 e. The van der Waals surface area contributed by atoms with Crippen LogP contribution in [-0.2, 0) is 6.42 Å². The number of carbonyl (C=O) groups excluding carboxylic acids is 1. The lowest BCUT2D eigenvalue weighted by Crippen LogP contribution is -2.26. The zero-order valence-corrected chi connectivity index (χ0v) is 13.3. The number of hydrogen-bond donors (Lipinski definition) is 2. The number of carboxylic acid groups (broad SMARTS) is 1. The summed E-state index contributed by atoms with van der Waals surface area (Å²) in [6.07, 6.45) is 0.632. The van der Waals surface area contributed by atoms with E-state index in [2.05, 4.69) is 19.9 Å². The number of aromatic nitrogens is 3. The Morgan fingerprint density at radius 2 is 2.10 bits per heavy atom. The average molecular weight is 326 g/mol. The maximum atomic E-state index is 12.2. The zero-order valence-electron chi connectivity index (χ0n) is 11.7. The lowest BCUT2D eigenvalue weighted by molar-refractivity contribution is 0.0701. The van der Waals surface area contributed by atoms with E-state index in [1.54, 1.807) is 13.8 Å². The van der Waals surface area contributed by atoms with Gasteiger partial charge in [0, 0.05) is 0 Å². The lowest BCUT2D eigenvalue weighted by Gasteiger charge is -2.10. The number of carboxylic acids is 1. The Bertz CT molecular complexity index is 680. The number of hydrogen-bond acceptors (Lipinski definition) is 7. The molecule has 1 atom stereocenters. The van der Waals surface area contributed by atoms with E-state index < -0.39 is 5.97 Å². The molecule has 2 N–H and O–H groups in total. The van der Waals surface area contributed by atoms with Crippen LogP contribution in [0.25, 0.3) is 0 Å². The number of rotatable bonds is 5. The van der Waals surface area contributed by atoms with Gasteiger partial charge in [0.05, 0.1) is 17.4 Å². The molecule has 0 fully saturated rings. The molecule has 0 spiro atoms. The second-order valence-corrected chi connectivity index (χ2v) is 6.15. The third kappa shape index (κ3) is 3.24. The number of thiazole rings is 1. The molecule has 2 rings (SSSR count). The van der Waals surface area contributed by atoms with Gasteiger partial charge in [-0.2, -0.15) is 0 Å². The third-order valence-electron chi connectivity index (χ3n) is 2.82. The van der Waals surface area contributed by atoms with Crippen molar-refractivity contribution in [1.29, 1.82) is 0 Å². The Morgan fingerprint density at radius 1 is 1.38 bits per heavy atom. The lowest BCUT2D eigenvalue weighted by atomic mass is 10.2. The molecule has 0 saturated carbocycles. The maximum absolute atomic E-state index is 12.2. The van der Waals surface area contributed by atoms with Gasteiger partial charge in [-0.15, -0.1) is 16.4 Å². The van der Waals surface area contributed by atoms with E-state index in [1.807, 2.05) is 6.92 Å². The van der Waals surface area contributed by atoms with Crippen LogP contribution in [0.5, 0.6) is 0 Å². The largest absolute Gasteiger partial charge is 0.477 e. The molecule has 0 aliphatic carbocycles. The Hall–Kier alpha value is -1.87. The fraction of sp³-hybridized carbons (Fsp3) is 0.417. The Balaban J connectivity index is 2.14. The summed E-state index contributed by atoms with van der Waals surface area (Å²) in [6, 6.07) is -0.374. The normalized spacial score (nSPS) is 12.1. The van der Waals surface area contributed by atoms with Crippen LogP contribution in [0.3, 0.4) is 0 Å². The van der Waals surface area contributed by atoms with E-state index in [0.717, 1.165) is 22.9 Å². The van der Waals surface area contributed by atoms with Crippen molar-refractivity contribution < 1.29 is 14.7 Å². The van der Waals surface area contributed by atoms with Gasteiger partial charge in [0.25, 0.3) is 5.91 Å². The molecule has 2 aromatic rings. The quantitative estimate of drug-likeness (QED) is 0.871. The molecule has 0 radical (unpaired) electrons. The summed E-state index contributed by atoms with van der Waals surface area (Å²) in [5.41, 5.74) is 1.11. The molecular weight excluding hydrogens is 312 g/mol. The van der Waals surface area contributed by atoms with Crippen LogP contribution in [0.15, 0.2) is 0 Å². The molecule has 0 aliphatic rings. The fourth-order valence-electron chi connectivity index (χ4n) is 1.74. The van der Waals surface area contributed by atoms with Crippen molar-refractivity contribution >= 4 is 34.7 Å². The van der Waals surface area contributed by atoms with Gasteiger partial charge in [-0.05, 0) is 31.8 Å². The molecule has 0 saturated heterocycles. The van der Waals surface area contributed by atoms with Crippen molar-refractivity contribution in [1.82, 2.24) is 19.9 Å². The highest BCUT2D eigenvalue weighted by Gasteiger charge is 2.21. The zero-order chi connectivity index (χ0) is 15.6. The van der Waals surface area contributed by atoms with Gasteiger partial charge in [-0.3, -0.25) is 4.79 Å². The summed E-state index contributed by atoms with van der Waals surface area (Å²) in [7, 11) is 0. The SMILES string of the molecule is CCc1nnsc1C(=O)NC(C)c1nc(C)c(C(=O)O)s1. The minimum absolute atomic E-state index is 0.194. The first-order valence-electron chi connectivity index (χ1n) is 6.26. The summed E-state index contributed by atoms with van der Waals surface area (Å²) in [4.78, 5) is 28.1. The highest BCUT2D eigenvalue weighted by atomic mass is 32.1. The monoisotopic (exact) mass is 326 g/mol. The Labute approximate surface area is 129 Å². The summed E-state index contributed by atoms with van der Waals surface area (Å²) >= 11 is 2.12. The molecule has 9 heteroatoms. The number of nitrogens with one attached hydrogen (secondary N) is 1. The molecule has 2 aromatic heterocycles. The Morgan fingerprint density at radius 3 is 2.67 bits per heavy atom. The molecule has 2 heterocycles. The molecule has 1 unspecified atom stereocenters. The number of nitrogens with zero attached hydrogens (tertiary/aromatic N) is 3. The van der Waals surface area contributed by atoms with Crippen LogP contribution in [0.2, 0.25) is 0 Å². The first-order chi connectivity index (χ1) is 9.93. The number of aryl methyl sites for hydroxylation is 2. The fourth-order valence-corrected chi connectivity index (χ4v) is 3.30. The standard InChI is InChI=1S/C12H14N4O3S2/c1-4-7-9(21-16-15-7)10(17)13-6(3)11-14-5(2)8(20-11)12(18)19/h6H,4H2,1-3H3,(H,13,17)(H,18,19). The number of amides is 1. The average Bonchev–Trinajstić information content (AvgIpc) is 3.04. The third-order valence-corrected chi connectivity index (χ3v) is 4.92. The minimum atomic E-state index is -1.00. The summed E-state index contributed by atoms with van der Waals surface area (Å²) in [5.74, 6) is -1.27. The predicted molar refractivity (Wildman–Crippen MR) is 79.0 cm³/mol. The smallest absolute Gasteiger partial charge is 0.347 e. The van der Waals surface area contributed by atoms with Gasteiger partial charge in [0.15, 0.2) is 0 Å². The Kier molecular flexibility index (Phi) is 4.63. The van der Waals surface area contributed by atoms with Crippen LogP contribution in [0, 0.1) is 6.92 Å². The molecule has 1 amide bonds. The molecule has 7 nitrogen and oxygen atoms in total. The molecule has 0 aliphatic heterocycles. The predicted octanol–water partition coefficient (Wildman–Crippen LogP) is 2.05. The number of carbonyl (C=O) groups is 2. The summed E-state index contributed by atoms with van der Waals surface area (Å²) in [5, 5.41) is 16.3. The summed E-state index contributed by atoms with van der Waals surface area (Å²) in [6.45, 7) is 5.31. The maximum Gasteiger partial charge on any atom is 0.347 e. The van der Waals surface area contributed by atoms with E-state index in [4.69, 9.17) is 5.11 Å². The van der Waals surface area contributed by atoms with Crippen molar-refractivity contribution in [3.63, 3.8) is 0 Å². The van der Waals surface area contributed by atoms with Crippen LogP contribution in [0.1, 0.15) is 55.6 Å². The van der Waals surface area contributed by atoms with Gasteiger partial charge in [-0.25, -0.2) is 9.78 Å². The van der Waals surface area contributed by atoms with Crippen molar-refractivity contribution in [3.8, 4) is 0 Å². The van der Waals surface area contributed by atoms with Crippen molar-refractivity contribution in [2.75, 3.05) is 0 Å². The van der Waals surface area contributed by atoms with Crippen molar-refractivity contribution in [3.05, 3.63) is 26.1 Å². The van der Waals surface area contributed by atoms with Gasteiger partial charge in [-0.1, -0.05) is 11.4 Å². The molecular formula is C12H14N4O3S2. The highest BCUT2D eigenvalue weighted by molar-refractivity contribution is 7.13.